The fraction of sp³-hybridized carbons (Fsp3) is 0.455. The third kappa shape index (κ3) is 1.90. The smallest absolute Gasteiger partial charge is 0.206 e. The van der Waals surface area contributed by atoms with Gasteiger partial charge in [0.25, 0.3) is 0 Å². The summed E-state index contributed by atoms with van der Waals surface area (Å²) in [6.45, 7) is 0. The van der Waals surface area contributed by atoms with Crippen LogP contribution >= 0.6 is 0 Å². The molecule has 0 heterocycles. The molecule has 0 N–H and O–H groups in total. The van der Waals surface area contributed by atoms with Gasteiger partial charge < -0.3 is 0 Å². The third-order valence-corrected chi connectivity index (χ3v) is 2.92. The standard InChI is InChI=1S/C11H9F5/c12-8-4-7(6-2-1-3-6)5-9(13)10(8)11(14,15)16/h4-6H,1-3H2. The van der Waals surface area contributed by atoms with Gasteiger partial charge in [-0.2, -0.15) is 13.2 Å². The van der Waals surface area contributed by atoms with E-state index in [9.17, 15) is 22.0 Å². The first-order valence-electron chi connectivity index (χ1n) is 4.95. The predicted molar refractivity (Wildman–Crippen MR) is 48.0 cm³/mol. The van der Waals surface area contributed by atoms with E-state index >= 15 is 0 Å². The molecule has 0 aliphatic heterocycles. The van der Waals surface area contributed by atoms with Crippen molar-refractivity contribution in [3.8, 4) is 0 Å². The molecule has 0 saturated heterocycles. The van der Waals surface area contributed by atoms with E-state index in [0.29, 0.717) is 5.56 Å². The van der Waals surface area contributed by atoms with Gasteiger partial charge in [-0.3, -0.25) is 0 Å². The number of alkyl halides is 3. The second-order valence-corrected chi connectivity index (χ2v) is 3.99. The Morgan fingerprint density at radius 3 is 1.81 bits per heavy atom. The van der Waals surface area contributed by atoms with Crippen molar-refractivity contribution >= 4 is 0 Å². The van der Waals surface area contributed by atoms with Crippen molar-refractivity contribution in [3.63, 3.8) is 0 Å². The Bertz CT molecular complexity index is 380. The van der Waals surface area contributed by atoms with E-state index < -0.39 is 23.4 Å². The van der Waals surface area contributed by atoms with Crippen LogP contribution in [0.15, 0.2) is 12.1 Å². The summed E-state index contributed by atoms with van der Waals surface area (Å²) in [6.07, 6.45) is -2.46. The van der Waals surface area contributed by atoms with Gasteiger partial charge >= 0.3 is 6.18 Å². The van der Waals surface area contributed by atoms with Crippen molar-refractivity contribution in [2.45, 2.75) is 31.4 Å². The highest BCUT2D eigenvalue weighted by molar-refractivity contribution is 5.31. The van der Waals surface area contributed by atoms with Crippen LogP contribution in [-0.4, -0.2) is 0 Å². The summed E-state index contributed by atoms with van der Waals surface area (Å²) in [5.74, 6) is -3.03. The lowest BCUT2D eigenvalue weighted by Crippen LogP contribution is -2.15. The van der Waals surface area contributed by atoms with E-state index in [1.165, 1.54) is 0 Å². The Kier molecular flexibility index (Phi) is 2.64. The third-order valence-electron chi connectivity index (χ3n) is 2.92. The van der Waals surface area contributed by atoms with Gasteiger partial charge in [-0.05, 0) is 36.5 Å². The predicted octanol–water partition coefficient (Wildman–Crippen LogP) is 4.25. The molecule has 88 valence electrons. The van der Waals surface area contributed by atoms with Crippen LogP contribution in [0.3, 0.4) is 0 Å². The monoisotopic (exact) mass is 236 g/mol. The van der Waals surface area contributed by atoms with Crippen LogP contribution in [0.4, 0.5) is 22.0 Å². The molecule has 1 aliphatic carbocycles. The molecule has 0 aromatic heterocycles. The first-order valence-corrected chi connectivity index (χ1v) is 4.95. The zero-order chi connectivity index (χ0) is 11.9. The van der Waals surface area contributed by atoms with Crippen molar-refractivity contribution < 1.29 is 22.0 Å². The summed E-state index contributed by atoms with van der Waals surface area (Å²) in [5, 5.41) is 0. The number of rotatable bonds is 1. The average Bonchev–Trinajstić information content (AvgIpc) is 1.94. The van der Waals surface area contributed by atoms with Crippen molar-refractivity contribution in [2.24, 2.45) is 0 Å². The van der Waals surface area contributed by atoms with Gasteiger partial charge in [-0.25, -0.2) is 8.78 Å². The Hall–Kier alpha value is -1.13. The maximum absolute atomic E-state index is 13.2. The zero-order valence-corrected chi connectivity index (χ0v) is 8.24. The second-order valence-electron chi connectivity index (χ2n) is 3.99. The lowest BCUT2D eigenvalue weighted by molar-refractivity contribution is -0.142. The van der Waals surface area contributed by atoms with E-state index in [4.69, 9.17) is 0 Å². The first-order chi connectivity index (χ1) is 7.39. The highest BCUT2D eigenvalue weighted by atomic mass is 19.4. The molecule has 0 atom stereocenters. The van der Waals surface area contributed by atoms with Crippen LogP contribution < -0.4 is 0 Å². The van der Waals surface area contributed by atoms with E-state index in [0.717, 1.165) is 31.4 Å². The van der Waals surface area contributed by atoms with Crippen LogP contribution in [0.5, 0.6) is 0 Å². The van der Waals surface area contributed by atoms with Gasteiger partial charge in [0.05, 0.1) is 0 Å². The molecule has 16 heavy (non-hydrogen) atoms. The van der Waals surface area contributed by atoms with Crippen molar-refractivity contribution in [2.75, 3.05) is 0 Å². The van der Waals surface area contributed by atoms with Gasteiger partial charge in [0.2, 0.25) is 0 Å². The van der Waals surface area contributed by atoms with Gasteiger partial charge in [0.15, 0.2) is 0 Å². The van der Waals surface area contributed by atoms with Gasteiger partial charge in [0, 0.05) is 0 Å². The number of halogens is 5. The van der Waals surface area contributed by atoms with Crippen molar-refractivity contribution in [3.05, 3.63) is 34.9 Å². The highest BCUT2D eigenvalue weighted by Crippen LogP contribution is 2.40. The molecule has 1 fully saturated rings. The van der Waals surface area contributed by atoms with Crippen LogP contribution in [-0.2, 0) is 6.18 Å². The van der Waals surface area contributed by atoms with Crippen molar-refractivity contribution in [1.82, 2.24) is 0 Å². The molecule has 0 radical (unpaired) electrons. The summed E-state index contributed by atoms with van der Waals surface area (Å²) in [4.78, 5) is 0. The lowest BCUT2D eigenvalue weighted by atomic mass is 9.80. The largest absolute Gasteiger partial charge is 0.422 e. The van der Waals surface area contributed by atoms with E-state index in [2.05, 4.69) is 0 Å². The van der Waals surface area contributed by atoms with Crippen LogP contribution in [0, 0.1) is 11.6 Å². The Morgan fingerprint density at radius 2 is 1.50 bits per heavy atom. The molecule has 0 amide bonds. The highest BCUT2D eigenvalue weighted by Gasteiger charge is 2.38. The molecule has 1 aliphatic rings. The fourth-order valence-corrected chi connectivity index (χ4v) is 1.84. The minimum absolute atomic E-state index is 0.00582. The Labute approximate surface area is 89.1 Å². The van der Waals surface area contributed by atoms with Gasteiger partial charge in [-0.15, -0.1) is 0 Å². The summed E-state index contributed by atoms with van der Waals surface area (Å²) in [5.41, 5.74) is -1.47. The molecule has 0 bridgehead atoms. The zero-order valence-electron chi connectivity index (χ0n) is 8.24. The topological polar surface area (TPSA) is 0 Å². The Morgan fingerprint density at radius 1 is 1.00 bits per heavy atom. The summed E-state index contributed by atoms with van der Waals surface area (Å²) in [6, 6.07) is 1.60. The summed E-state index contributed by atoms with van der Waals surface area (Å²) >= 11 is 0. The molecular weight excluding hydrogens is 227 g/mol. The molecular formula is C11H9F5. The lowest BCUT2D eigenvalue weighted by Gasteiger charge is -2.26. The second kappa shape index (κ2) is 3.71. The molecule has 1 saturated carbocycles. The molecule has 1 aromatic carbocycles. The number of hydrogen-bond acceptors (Lipinski definition) is 0. The van der Waals surface area contributed by atoms with Gasteiger partial charge in [0.1, 0.15) is 17.2 Å². The SMILES string of the molecule is Fc1cc(C2CCC2)cc(F)c1C(F)(F)F. The first kappa shape index (κ1) is 11.4. The molecule has 0 spiro atoms. The minimum atomic E-state index is -4.98. The van der Waals surface area contributed by atoms with Crippen LogP contribution in [0.1, 0.15) is 36.3 Å². The number of hydrogen-bond donors (Lipinski definition) is 0. The fourth-order valence-electron chi connectivity index (χ4n) is 1.84. The maximum Gasteiger partial charge on any atom is 0.422 e. The molecule has 0 unspecified atom stereocenters. The molecule has 5 heteroatoms. The molecule has 0 nitrogen and oxygen atoms in total. The molecule has 1 aromatic rings. The maximum atomic E-state index is 13.2. The molecule has 2 rings (SSSR count). The normalized spacial score (nSPS) is 17.3. The summed E-state index contributed by atoms with van der Waals surface area (Å²) < 4.78 is 63.1. The van der Waals surface area contributed by atoms with Crippen LogP contribution in [0.25, 0.3) is 0 Å². The van der Waals surface area contributed by atoms with Crippen LogP contribution in [0.2, 0.25) is 0 Å². The van der Waals surface area contributed by atoms with Crippen molar-refractivity contribution in [1.29, 1.82) is 0 Å². The number of benzene rings is 1. The van der Waals surface area contributed by atoms with Gasteiger partial charge in [-0.1, -0.05) is 6.42 Å². The summed E-state index contributed by atoms with van der Waals surface area (Å²) in [7, 11) is 0. The van der Waals surface area contributed by atoms with E-state index in [-0.39, 0.29) is 5.92 Å². The quantitative estimate of drug-likeness (QED) is 0.639. The average molecular weight is 236 g/mol. The van der Waals surface area contributed by atoms with E-state index in [1.807, 2.05) is 0 Å². The minimum Gasteiger partial charge on any atom is -0.206 e. The van der Waals surface area contributed by atoms with E-state index in [1.54, 1.807) is 0 Å². The Balaban J connectivity index is 2.43.